The van der Waals surface area contributed by atoms with Crippen LogP contribution in [0.1, 0.15) is 35.7 Å². The number of nitrogens with zero attached hydrogens (tertiary/aromatic N) is 2. The van der Waals surface area contributed by atoms with Crippen molar-refractivity contribution in [2.24, 2.45) is 0 Å². The zero-order valence-electron chi connectivity index (χ0n) is 12.3. The Morgan fingerprint density at radius 3 is 2.71 bits per heavy atom. The van der Waals surface area contributed by atoms with E-state index in [4.69, 9.17) is 10.5 Å². The molecule has 0 atom stereocenters. The highest BCUT2D eigenvalue weighted by Gasteiger charge is 2.21. The second-order valence-corrected chi connectivity index (χ2v) is 5.46. The number of carbonyl (C=O) groups excluding carboxylic acids is 1. The van der Waals surface area contributed by atoms with E-state index in [0.29, 0.717) is 18.8 Å². The topological polar surface area (TPSA) is 70.1 Å². The van der Waals surface area contributed by atoms with Gasteiger partial charge in [0.15, 0.2) is 5.69 Å². The maximum Gasteiger partial charge on any atom is 0.360 e. The average molecular weight is 352 g/mol. The van der Waals surface area contributed by atoms with Crippen LogP contribution in [0.5, 0.6) is 0 Å². The van der Waals surface area contributed by atoms with Crippen molar-refractivity contribution in [3.8, 4) is 5.69 Å². The Labute approximate surface area is 132 Å². The van der Waals surface area contributed by atoms with Crippen LogP contribution in [0.25, 0.3) is 5.69 Å². The molecule has 1 aromatic heterocycles. The van der Waals surface area contributed by atoms with Gasteiger partial charge in [0, 0.05) is 16.6 Å². The smallest absolute Gasteiger partial charge is 0.360 e. The Morgan fingerprint density at radius 1 is 1.43 bits per heavy atom. The largest absolute Gasteiger partial charge is 0.461 e. The van der Waals surface area contributed by atoms with Gasteiger partial charge < -0.3 is 10.5 Å². The van der Waals surface area contributed by atoms with E-state index in [2.05, 4.69) is 20.9 Å². The predicted octanol–water partition coefficient (Wildman–Crippen LogP) is 3.26. The molecular formula is C15H18BrN3O2. The third kappa shape index (κ3) is 2.95. The molecule has 0 aliphatic carbocycles. The number of benzene rings is 1. The lowest BCUT2D eigenvalue weighted by atomic mass is 10.2. The van der Waals surface area contributed by atoms with Crippen LogP contribution in [0.3, 0.4) is 0 Å². The number of esters is 1. The van der Waals surface area contributed by atoms with E-state index in [9.17, 15) is 4.79 Å². The lowest BCUT2D eigenvalue weighted by molar-refractivity contribution is 0.0521. The molecule has 0 aliphatic heterocycles. The second kappa shape index (κ2) is 6.30. The van der Waals surface area contributed by atoms with E-state index in [1.165, 1.54) is 0 Å². The van der Waals surface area contributed by atoms with Gasteiger partial charge in [0.05, 0.1) is 6.61 Å². The maximum absolute atomic E-state index is 11.9. The average Bonchev–Trinajstić information content (AvgIpc) is 2.79. The van der Waals surface area contributed by atoms with Crippen LogP contribution in [0.2, 0.25) is 0 Å². The number of rotatable bonds is 4. The van der Waals surface area contributed by atoms with Crippen molar-refractivity contribution in [1.29, 1.82) is 0 Å². The normalized spacial score (nSPS) is 10.7. The molecule has 5 nitrogen and oxygen atoms in total. The van der Waals surface area contributed by atoms with E-state index >= 15 is 0 Å². The number of nitrogen functional groups attached to an aromatic ring is 1. The highest BCUT2D eigenvalue weighted by molar-refractivity contribution is 9.10. The van der Waals surface area contributed by atoms with Crippen LogP contribution in [0, 0.1) is 6.92 Å². The van der Waals surface area contributed by atoms with Crippen molar-refractivity contribution < 1.29 is 9.53 Å². The van der Waals surface area contributed by atoms with Crippen molar-refractivity contribution in [2.75, 3.05) is 12.3 Å². The fraction of sp³-hybridized carbons (Fsp3) is 0.333. The standard InChI is InChI=1S/C15H18BrN3O2/c1-4-12-18-13(15(20)21-5-2)14(17)19(12)10-6-7-11(16)9(3)8-10/h6-8H,4-5,17H2,1-3H3. The predicted molar refractivity (Wildman–Crippen MR) is 85.7 cm³/mol. The van der Waals surface area contributed by atoms with E-state index in [0.717, 1.165) is 21.5 Å². The molecule has 2 rings (SSSR count). The monoisotopic (exact) mass is 351 g/mol. The Balaban J connectivity index is 2.57. The molecule has 0 saturated heterocycles. The third-order valence-electron chi connectivity index (χ3n) is 3.17. The van der Waals surface area contributed by atoms with E-state index in [-0.39, 0.29) is 5.69 Å². The van der Waals surface area contributed by atoms with Crippen molar-refractivity contribution in [3.05, 3.63) is 39.8 Å². The number of imidazole rings is 1. The summed E-state index contributed by atoms with van der Waals surface area (Å²) >= 11 is 3.47. The molecular weight excluding hydrogens is 334 g/mol. The summed E-state index contributed by atoms with van der Waals surface area (Å²) in [5.41, 5.74) is 8.26. The molecule has 0 amide bonds. The van der Waals surface area contributed by atoms with Gasteiger partial charge in [-0.25, -0.2) is 9.78 Å². The van der Waals surface area contributed by atoms with Crippen LogP contribution in [0.4, 0.5) is 5.82 Å². The molecule has 2 N–H and O–H groups in total. The molecule has 0 aliphatic rings. The quantitative estimate of drug-likeness (QED) is 0.858. The highest BCUT2D eigenvalue weighted by Crippen LogP contribution is 2.25. The Bertz CT molecular complexity index is 680. The first-order valence-corrected chi connectivity index (χ1v) is 7.59. The Hall–Kier alpha value is -1.82. The summed E-state index contributed by atoms with van der Waals surface area (Å²) in [6.07, 6.45) is 0.665. The van der Waals surface area contributed by atoms with Gasteiger partial charge in [-0.3, -0.25) is 4.57 Å². The van der Waals surface area contributed by atoms with Crippen molar-refractivity contribution in [2.45, 2.75) is 27.2 Å². The summed E-state index contributed by atoms with van der Waals surface area (Å²) < 4.78 is 7.82. The zero-order chi connectivity index (χ0) is 15.6. The first-order valence-electron chi connectivity index (χ1n) is 6.80. The van der Waals surface area contributed by atoms with Crippen molar-refractivity contribution >= 4 is 27.7 Å². The Kier molecular flexibility index (Phi) is 4.67. The second-order valence-electron chi connectivity index (χ2n) is 4.60. The number of anilines is 1. The first kappa shape index (κ1) is 15.6. The van der Waals surface area contributed by atoms with Crippen LogP contribution in [-0.2, 0) is 11.2 Å². The number of halogens is 1. The molecule has 0 radical (unpaired) electrons. The third-order valence-corrected chi connectivity index (χ3v) is 4.06. The highest BCUT2D eigenvalue weighted by atomic mass is 79.9. The molecule has 0 spiro atoms. The molecule has 0 saturated carbocycles. The fourth-order valence-electron chi connectivity index (χ4n) is 2.12. The van der Waals surface area contributed by atoms with Crippen LogP contribution in [0.15, 0.2) is 22.7 Å². The lowest BCUT2D eigenvalue weighted by Gasteiger charge is -2.10. The van der Waals surface area contributed by atoms with E-state index in [1.807, 2.05) is 32.0 Å². The summed E-state index contributed by atoms with van der Waals surface area (Å²) in [5, 5.41) is 0. The van der Waals surface area contributed by atoms with Gasteiger partial charge in [0.2, 0.25) is 0 Å². The summed E-state index contributed by atoms with van der Waals surface area (Å²) in [6, 6.07) is 5.88. The van der Waals surface area contributed by atoms with Crippen LogP contribution in [-0.4, -0.2) is 22.1 Å². The minimum absolute atomic E-state index is 0.175. The molecule has 1 aromatic carbocycles. The summed E-state index contributed by atoms with van der Waals surface area (Å²) in [7, 11) is 0. The number of nitrogens with two attached hydrogens (primary N) is 1. The molecule has 1 heterocycles. The van der Waals surface area contributed by atoms with Gasteiger partial charge in [-0.2, -0.15) is 0 Å². The lowest BCUT2D eigenvalue weighted by Crippen LogP contribution is -2.09. The summed E-state index contributed by atoms with van der Waals surface area (Å²) in [5.74, 6) is 0.557. The summed E-state index contributed by atoms with van der Waals surface area (Å²) in [4.78, 5) is 16.2. The number of aryl methyl sites for hydroxylation is 2. The molecule has 0 fully saturated rings. The number of ether oxygens (including phenoxy) is 1. The molecule has 6 heteroatoms. The van der Waals surface area contributed by atoms with Gasteiger partial charge in [-0.15, -0.1) is 0 Å². The van der Waals surface area contributed by atoms with Crippen molar-refractivity contribution in [3.63, 3.8) is 0 Å². The summed E-state index contributed by atoms with van der Waals surface area (Å²) in [6.45, 7) is 6.02. The fourth-order valence-corrected chi connectivity index (χ4v) is 2.37. The van der Waals surface area contributed by atoms with Crippen molar-refractivity contribution in [1.82, 2.24) is 9.55 Å². The zero-order valence-corrected chi connectivity index (χ0v) is 13.9. The SMILES string of the molecule is CCOC(=O)c1nc(CC)n(-c2ccc(Br)c(C)c2)c1N. The number of aromatic nitrogens is 2. The van der Waals surface area contributed by atoms with E-state index < -0.39 is 5.97 Å². The van der Waals surface area contributed by atoms with Crippen LogP contribution < -0.4 is 5.73 Å². The minimum Gasteiger partial charge on any atom is -0.461 e. The van der Waals surface area contributed by atoms with Gasteiger partial charge in [0.1, 0.15) is 11.6 Å². The van der Waals surface area contributed by atoms with Gasteiger partial charge in [-0.05, 0) is 37.6 Å². The molecule has 21 heavy (non-hydrogen) atoms. The van der Waals surface area contributed by atoms with Gasteiger partial charge in [0.25, 0.3) is 0 Å². The van der Waals surface area contributed by atoms with Gasteiger partial charge >= 0.3 is 5.97 Å². The first-order chi connectivity index (χ1) is 9.99. The van der Waals surface area contributed by atoms with Gasteiger partial charge in [-0.1, -0.05) is 22.9 Å². The number of hydrogen-bond donors (Lipinski definition) is 1. The molecule has 0 unspecified atom stereocenters. The molecule has 2 aromatic rings. The molecule has 112 valence electrons. The number of hydrogen-bond acceptors (Lipinski definition) is 4. The maximum atomic E-state index is 11.9. The van der Waals surface area contributed by atoms with E-state index in [1.54, 1.807) is 11.5 Å². The molecule has 0 bridgehead atoms. The Morgan fingerprint density at radius 2 is 2.14 bits per heavy atom. The number of carbonyl (C=O) groups is 1. The van der Waals surface area contributed by atoms with Crippen LogP contribution >= 0.6 is 15.9 Å². The minimum atomic E-state index is -0.489.